The van der Waals surface area contributed by atoms with E-state index in [9.17, 15) is 13.2 Å². The van der Waals surface area contributed by atoms with Crippen molar-refractivity contribution in [2.75, 3.05) is 12.4 Å². The number of anilines is 1. The number of ether oxygens (including phenoxy) is 2. The van der Waals surface area contributed by atoms with Crippen LogP contribution in [0.3, 0.4) is 0 Å². The van der Waals surface area contributed by atoms with Gasteiger partial charge in [-0.2, -0.15) is 0 Å². The quantitative estimate of drug-likeness (QED) is 0.724. The van der Waals surface area contributed by atoms with Gasteiger partial charge in [0.25, 0.3) is 11.6 Å². The minimum absolute atomic E-state index is 0.0293. The zero-order chi connectivity index (χ0) is 18.6. The molecular weight excluding hydrogens is 351 g/mol. The molecule has 0 aliphatic heterocycles. The SMILES string of the molecule is COC(=S)Nc1cccc(F)c1COc1cc(C)c(C)cc1C(F)F. The molecule has 134 valence electrons. The standard InChI is InChI=1S/C18H18F3NO2S/c1-10-7-12(17(20)21)16(8-11(10)2)24-9-13-14(19)5-4-6-15(13)22-18(25)23-3/h4-8,17H,9H2,1-3H3,(H,22,25). The molecule has 0 aliphatic carbocycles. The van der Waals surface area contributed by atoms with Crippen molar-refractivity contribution in [1.82, 2.24) is 0 Å². The van der Waals surface area contributed by atoms with Crippen LogP contribution in [0.4, 0.5) is 18.9 Å². The Morgan fingerprint density at radius 2 is 1.88 bits per heavy atom. The molecule has 0 heterocycles. The minimum atomic E-state index is -2.69. The lowest BCUT2D eigenvalue weighted by Gasteiger charge is -2.16. The third kappa shape index (κ3) is 4.63. The molecule has 0 amide bonds. The summed E-state index contributed by atoms with van der Waals surface area (Å²) < 4.78 is 51.0. The fourth-order valence-corrected chi connectivity index (χ4v) is 2.35. The largest absolute Gasteiger partial charge is 0.488 e. The second-order valence-electron chi connectivity index (χ2n) is 5.45. The van der Waals surface area contributed by atoms with Crippen LogP contribution < -0.4 is 10.1 Å². The molecule has 0 radical (unpaired) electrons. The summed E-state index contributed by atoms with van der Waals surface area (Å²) in [4.78, 5) is 0. The fourth-order valence-electron chi connectivity index (χ4n) is 2.24. The average molecular weight is 369 g/mol. The van der Waals surface area contributed by atoms with Crippen molar-refractivity contribution < 1.29 is 22.6 Å². The monoisotopic (exact) mass is 369 g/mol. The number of methoxy groups -OCH3 is 1. The van der Waals surface area contributed by atoms with E-state index >= 15 is 0 Å². The van der Waals surface area contributed by atoms with E-state index in [1.54, 1.807) is 19.9 Å². The molecule has 0 saturated heterocycles. The smallest absolute Gasteiger partial charge is 0.267 e. The lowest BCUT2D eigenvalue weighted by molar-refractivity contribution is 0.144. The molecule has 2 aromatic carbocycles. The maximum absolute atomic E-state index is 14.2. The molecular formula is C18H18F3NO2S. The third-order valence-corrected chi connectivity index (χ3v) is 4.04. The third-order valence-electron chi connectivity index (χ3n) is 3.77. The second-order valence-corrected chi connectivity index (χ2v) is 5.82. The number of aryl methyl sites for hydroxylation is 2. The van der Waals surface area contributed by atoms with Crippen LogP contribution in [0.1, 0.15) is 28.7 Å². The van der Waals surface area contributed by atoms with Gasteiger partial charge in [0, 0.05) is 5.56 Å². The van der Waals surface area contributed by atoms with Gasteiger partial charge in [0.15, 0.2) is 0 Å². The summed E-state index contributed by atoms with van der Waals surface area (Å²) in [6.07, 6.45) is -2.69. The number of hydrogen-bond acceptors (Lipinski definition) is 3. The Kier molecular flexibility index (Phi) is 6.25. The van der Waals surface area contributed by atoms with E-state index in [1.807, 2.05) is 0 Å². The summed E-state index contributed by atoms with van der Waals surface area (Å²) in [5, 5.41) is 2.80. The number of halogens is 3. The number of nitrogens with one attached hydrogen (secondary N) is 1. The van der Waals surface area contributed by atoms with Crippen molar-refractivity contribution in [2.24, 2.45) is 0 Å². The van der Waals surface area contributed by atoms with E-state index in [4.69, 9.17) is 21.7 Å². The molecule has 0 bridgehead atoms. The normalized spacial score (nSPS) is 10.7. The summed E-state index contributed by atoms with van der Waals surface area (Å²) in [6.45, 7) is 3.31. The molecule has 0 spiro atoms. The van der Waals surface area contributed by atoms with Crippen molar-refractivity contribution in [1.29, 1.82) is 0 Å². The van der Waals surface area contributed by atoms with Gasteiger partial charge in [0.2, 0.25) is 0 Å². The maximum Gasteiger partial charge on any atom is 0.267 e. The van der Waals surface area contributed by atoms with Crippen molar-refractivity contribution >= 4 is 23.1 Å². The van der Waals surface area contributed by atoms with Crippen LogP contribution in [0.25, 0.3) is 0 Å². The predicted octanol–water partition coefficient (Wildman–Crippen LogP) is 5.30. The summed E-state index contributed by atoms with van der Waals surface area (Å²) in [5.41, 5.74) is 1.85. The Balaban J connectivity index is 2.30. The van der Waals surface area contributed by atoms with Gasteiger partial charge in [-0.15, -0.1) is 0 Å². The Morgan fingerprint density at radius 3 is 2.52 bits per heavy atom. The van der Waals surface area contributed by atoms with Gasteiger partial charge in [-0.3, -0.25) is 0 Å². The van der Waals surface area contributed by atoms with E-state index in [0.717, 1.165) is 11.1 Å². The van der Waals surface area contributed by atoms with Gasteiger partial charge < -0.3 is 14.8 Å². The van der Waals surface area contributed by atoms with Crippen LogP contribution in [-0.4, -0.2) is 12.3 Å². The summed E-state index contributed by atoms with van der Waals surface area (Å²) in [6, 6.07) is 7.27. The molecule has 0 aromatic heterocycles. The molecule has 2 aromatic rings. The van der Waals surface area contributed by atoms with Crippen molar-refractivity contribution in [3.05, 3.63) is 58.4 Å². The Labute approximate surface area is 149 Å². The van der Waals surface area contributed by atoms with Crippen LogP contribution >= 0.6 is 12.2 Å². The van der Waals surface area contributed by atoms with Crippen LogP contribution in [0.5, 0.6) is 5.75 Å². The molecule has 25 heavy (non-hydrogen) atoms. The van der Waals surface area contributed by atoms with Crippen LogP contribution in [0, 0.1) is 19.7 Å². The zero-order valence-corrected chi connectivity index (χ0v) is 14.8. The van der Waals surface area contributed by atoms with Gasteiger partial charge >= 0.3 is 0 Å². The van der Waals surface area contributed by atoms with Gasteiger partial charge in [0.1, 0.15) is 18.2 Å². The van der Waals surface area contributed by atoms with Crippen LogP contribution in [-0.2, 0) is 11.3 Å². The summed E-state index contributed by atoms with van der Waals surface area (Å²) in [5.74, 6) is -0.507. The Morgan fingerprint density at radius 1 is 1.20 bits per heavy atom. The predicted molar refractivity (Wildman–Crippen MR) is 94.8 cm³/mol. The molecule has 7 heteroatoms. The first kappa shape index (κ1) is 19.1. The van der Waals surface area contributed by atoms with E-state index in [0.29, 0.717) is 5.69 Å². The van der Waals surface area contributed by atoms with Crippen molar-refractivity contribution in [2.45, 2.75) is 26.9 Å². The number of hydrogen-bond donors (Lipinski definition) is 1. The molecule has 0 unspecified atom stereocenters. The zero-order valence-electron chi connectivity index (χ0n) is 14.0. The maximum atomic E-state index is 14.2. The molecule has 2 rings (SSSR count). The first-order valence-electron chi connectivity index (χ1n) is 7.48. The number of thiocarbonyl (C=S) groups is 1. The highest BCUT2D eigenvalue weighted by molar-refractivity contribution is 7.80. The Bertz CT molecular complexity index is 781. The molecule has 0 aliphatic rings. The number of benzene rings is 2. The van der Waals surface area contributed by atoms with E-state index in [1.165, 1.54) is 31.4 Å². The van der Waals surface area contributed by atoms with E-state index in [-0.39, 0.29) is 28.7 Å². The first-order valence-corrected chi connectivity index (χ1v) is 7.88. The molecule has 0 fully saturated rings. The Hall–Kier alpha value is -2.28. The van der Waals surface area contributed by atoms with Crippen molar-refractivity contribution in [3.63, 3.8) is 0 Å². The lowest BCUT2D eigenvalue weighted by atomic mass is 10.1. The molecule has 1 N–H and O–H groups in total. The van der Waals surface area contributed by atoms with Gasteiger partial charge in [0.05, 0.1) is 18.4 Å². The highest BCUT2D eigenvalue weighted by Gasteiger charge is 2.17. The number of alkyl halides is 2. The lowest BCUT2D eigenvalue weighted by Crippen LogP contribution is -2.14. The van der Waals surface area contributed by atoms with Gasteiger partial charge in [-0.1, -0.05) is 6.07 Å². The van der Waals surface area contributed by atoms with Gasteiger partial charge in [-0.05, 0) is 61.5 Å². The van der Waals surface area contributed by atoms with E-state index in [2.05, 4.69) is 5.32 Å². The highest BCUT2D eigenvalue weighted by Crippen LogP contribution is 2.33. The average Bonchev–Trinajstić information content (AvgIpc) is 2.56. The van der Waals surface area contributed by atoms with Crippen molar-refractivity contribution in [3.8, 4) is 5.75 Å². The highest BCUT2D eigenvalue weighted by atomic mass is 32.1. The summed E-state index contributed by atoms with van der Waals surface area (Å²) in [7, 11) is 1.38. The van der Waals surface area contributed by atoms with Crippen LogP contribution in [0.15, 0.2) is 30.3 Å². The molecule has 0 atom stereocenters. The van der Waals surface area contributed by atoms with E-state index < -0.39 is 12.2 Å². The molecule has 0 saturated carbocycles. The van der Waals surface area contributed by atoms with Gasteiger partial charge in [-0.25, -0.2) is 13.2 Å². The summed E-state index contributed by atoms with van der Waals surface area (Å²) >= 11 is 4.91. The minimum Gasteiger partial charge on any atom is -0.488 e. The second kappa shape index (κ2) is 8.20. The first-order chi connectivity index (χ1) is 11.8. The number of rotatable bonds is 5. The molecule has 3 nitrogen and oxygen atoms in total. The fraction of sp³-hybridized carbons (Fsp3) is 0.278. The topological polar surface area (TPSA) is 30.5 Å². The van der Waals surface area contributed by atoms with Crippen LogP contribution in [0.2, 0.25) is 0 Å².